The zero-order chi connectivity index (χ0) is 30.3. The van der Waals surface area contributed by atoms with Crippen LogP contribution in [0.25, 0.3) is 0 Å². The quantitative estimate of drug-likeness (QED) is 0.318. The van der Waals surface area contributed by atoms with E-state index in [1.54, 1.807) is 29.6 Å². The molecule has 0 fully saturated rings. The molecule has 0 saturated heterocycles. The molecule has 1 heterocycles. The molecule has 0 radical (unpaired) electrons. The fourth-order valence-corrected chi connectivity index (χ4v) is 4.95. The summed E-state index contributed by atoms with van der Waals surface area (Å²) < 4.78 is 16.6. The van der Waals surface area contributed by atoms with E-state index in [0.717, 1.165) is 5.56 Å². The third-order valence-electron chi connectivity index (χ3n) is 6.26. The van der Waals surface area contributed by atoms with E-state index in [4.69, 9.17) is 14.2 Å². The van der Waals surface area contributed by atoms with Gasteiger partial charge in [-0.2, -0.15) is 0 Å². The van der Waals surface area contributed by atoms with Crippen LogP contribution < -0.4 is 29.7 Å². The van der Waals surface area contributed by atoms with Gasteiger partial charge in [0.1, 0.15) is 6.04 Å². The molecule has 2 aromatic carbocycles. The first-order valence-electron chi connectivity index (χ1n) is 13.3. The zero-order valence-corrected chi connectivity index (χ0v) is 25.7. The van der Waals surface area contributed by atoms with Gasteiger partial charge in [0.15, 0.2) is 11.5 Å². The molecule has 41 heavy (non-hydrogen) atoms. The first-order valence-corrected chi connectivity index (χ1v) is 14.1. The van der Waals surface area contributed by atoms with Crippen molar-refractivity contribution in [3.05, 3.63) is 69.9 Å². The van der Waals surface area contributed by atoms with Crippen LogP contribution in [0.15, 0.2) is 53.9 Å². The number of methoxy groups -OCH3 is 3. The molecule has 3 aromatic rings. The predicted octanol–water partition coefficient (Wildman–Crippen LogP) is 5.32. The summed E-state index contributed by atoms with van der Waals surface area (Å²) in [7, 11) is 4.46. The fourth-order valence-electron chi connectivity index (χ4n) is 4.31. The Morgan fingerprint density at radius 3 is 1.98 bits per heavy atom. The van der Waals surface area contributed by atoms with Crippen molar-refractivity contribution in [1.29, 1.82) is 0 Å². The molecule has 0 saturated carbocycles. The molecular weight excluding hydrogens is 542 g/mol. The van der Waals surface area contributed by atoms with Crippen LogP contribution in [0.2, 0.25) is 0 Å². The van der Waals surface area contributed by atoms with Crippen molar-refractivity contribution in [3.63, 3.8) is 0 Å². The molecular formula is C31H39N3O6S. The van der Waals surface area contributed by atoms with Crippen molar-refractivity contribution >= 4 is 34.7 Å². The summed E-state index contributed by atoms with van der Waals surface area (Å²) in [6.07, 6.45) is 0. The molecule has 9 nitrogen and oxygen atoms in total. The molecule has 1 aromatic heterocycles. The molecule has 0 aliphatic rings. The van der Waals surface area contributed by atoms with Crippen molar-refractivity contribution in [2.45, 2.75) is 52.1 Å². The topological polar surface area (TPSA) is 106 Å². The lowest BCUT2D eigenvalue weighted by Crippen LogP contribution is -2.51. The van der Waals surface area contributed by atoms with Crippen molar-refractivity contribution in [1.82, 2.24) is 10.6 Å². The number of benzene rings is 2. The van der Waals surface area contributed by atoms with Crippen LogP contribution in [0.4, 0.5) is 5.69 Å². The van der Waals surface area contributed by atoms with Gasteiger partial charge in [0, 0.05) is 11.2 Å². The van der Waals surface area contributed by atoms with Gasteiger partial charge in [-0.15, -0.1) is 11.3 Å². The molecule has 0 spiro atoms. The smallest absolute Gasteiger partial charge is 0.261 e. The van der Waals surface area contributed by atoms with Gasteiger partial charge < -0.3 is 24.8 Å². The maximum atomic E-state index is 14.0. The van der Waals surface area contributed by atoms with Crippen LogP contribution in [0.1, 0.15) is 67.4 Å². The van der Waals surface area contributed by atoms with Gasteiger partial charge in [0.2, 0.25) is 17.6 Å². The molecule has 220 valence electrons. The van der Waals surface area contributed by atoms with Crippen LogP contribution in [0, 0.1) is 0 Å². The fraction of sp³-hybridized carbons (Fsp3) is 0.387. The van der Waals surface area contributed by atoms with Crippen molar-refractivity contribution in [2.75, 3.05) is 32.8 Å². The van der Waals surface area contributed by atoms with Crippen LogP contribution >= 0.6 is 11.3 Å². The summed E-state index contributed by atoms with van der Waals surface area (Å²) in [6.45, 7) is 9.42. The minimum atomic E-state index is -1.14. The Kier molecular flexibility index (Phi) is 10.4. The second-order valence-electron chi connectivity index (χ2n) is 10.8. The Hall–Kier alpha value is -4.05. The van der Waals surface area contributed by atoms with E-state index < -0.39 is 23.4 Å². The number of anilines is 1. The molecule has 1 atom stereocenters. The Morgan fingerprint density at radius 2 is 1.51 bits per heavy atom. The van der Waals surface area contributed by atoms with E-state index in [-0.39, 0.29) is 18.4 Å². The van der Waals surface area contributed by atoms with Crippen LogP contribution in [0.5, 0.6) is 17.2 Å². The lowest BCUT2D eigenvalue weighted by molar-refractivity contribution is -0.127. The zero-order valence-electron chi connectivity index (χ0n) is 24.9. The molecule has 2 N–H and O–H groups in total. The van der Waals surface area contributed by atoms with Gasteiger partial charge in [0.25, 0.3) is 5.91 Å². The normalized spacial score (nSPS) is 11.9. The number of carbonyl (C=O) groups is 3. The highest BCUT2D eigenvalue weighted by Gasteiger charge is 2.36. The summed E-state index contributed by atoms with van der Waals surface area (Å²) in [5, 5.41) is 7.50. The highest BCUT2D eigenvalue weighted by molar-refractivity contribution is 7.12. The van der Waals surface area contributed by atoms with Gasteiger partial charge in [-0.25, -0.2) is 0 Å². The Labute approximate surface area is 245 Å². The average Bonchev–Trinajstić information content (AvgIpc) is 3.48. The second kappa shape index (κ2) is 13.5. The van der Waals surface area contributed by atoms with Crippen molar-refractivity contribution in [2.24, 2.45) is 0 Å². The number of amides is 3. The lowest BCUT2D eigenvalue weighted by Gasteiger charge is -2.34. The SMILES string of the molecule is COc1cc([C@@H](C(=O)NC(C)(C)C)N(C(=O)CNC(=O)c2cccs2)c2ccc(C(C)C)cc2)cc(OC)c1OC. The van der Waals surface area contributed by atoms with Gasteiger partial charge >= 0.3 is 0 Å². The Morgan fingerprint density at radius 1 is 0.902 bits per heavy atom. The standard InChI is InChI=1S/C31H39N3O6S/c1-19(2)20-11-13-22(14-12-20)34(26(35)18-32-29(36)25-10-9-15-41-25)27(30(37)33-31(3,4)5)21-16-23(38-6)28(40-8)24(17-21)39-7/h9-17,19,27H,18H2,1-8H3,(H,32,36)(H,33,37)/t27-/m0/s1. The number of hydrogen-bond acceptors (Lipinski definition) is 7. The largest absolute Gasteiger partial charge is 0.493 e. The van der Waals surface area contributed by atoms with E-state index in [1.807, 2.05) is 45.0 Å². The van der Waals surface area contributed by atoms with Gasteiger partial charge in [-0.1, -0.05) is 32.0 Å². The van der Waals surface area contributed by atoms with E-state index >= 15 is 0 Å². The Balaban J connectivity index is 2.18. The average molecular weight is 582 g/mol. The van der Waals surface area contributed by atoms with Crippen LogP contribution in [0.3, 0.4) is 0 Å². The van der Waals surface area contributed by atoms with Crippen LogP contribution in [-0.2, 0) is 9.59 Å². The van der Waals surface area contributed by atoms with E-state index in [1.165, 1.54) is 37.6 Å². The highest BCUT2D eigenvalue weighted by Crippen LogP contribution is 2.42. The third kappa shape index (κ3) is 7.79. The van der Waals surface area contributed by atoms with E-state index in [2.05, 4.69) is 24.5 Å². The number of rotatable bonds is 11. The Bertz CT molecular complexity index is 1320. The number of ether oxygens (including phenoxy) is 3. The lowest BCUT2D eigenvalue weighted by atomic mass is 9.98. The number of nitrogens with one attached hydrogen (secondary N) is 2. The van der Waals surface area contributed by atoms with Gasteiger partial charge in [-0.3, -0.25) is 19.3 Å². The summed E-state index contributed by atoms with van der Waals surface area (Å²) in [4.78, 5) is 42.6. The maximum Gasteiger partial charge on any atom is 0.261 e. The second-order valence-corrected chi connectivity index (χ2v) is 11.7. The molecule has 0 aliphatic heterocycles. The molecule has 0 bridgehead atoms. The van der Waals surface area contributed by atoms with Crippen molar-refractivity contribution in [3.8, 4) is 17.2 Å². The highest BCUT2D eigenvalue weighted by atomic mass is 32.1. The van der Waals surface area contributed by atoms with Crippen molar-refractivity contribution < 1.29 is 28.6 Å². The minimum Gasteiger partial charge on any atom is -0.493 e. The first-order chi connectivity index (χ1) is 19.4. The summed E-state index contributed by atoms with van der Waals surface area (Å²) in [6, 6.07) is 13.1. The minimum absolute atomic E-state index is 0.272. The number of thiophene rings is 1. The molecule has 0 unspecified atom stereocenters. The molecule has 10 heteroatoms. The molecule has 3 rings (SSSR count). The predicted molar refractivity (Wildman–Crippen MR) is 161 cm³/mol. The summed E-state index contributed by atoms with van der Waals surface area (Å²) >= 11 is 1.28. The summed E-state index contributed by atoms with van der Waals surface area (Å²) in [5.41, 5.74) is 1.41. The van der Waals surface area contributed by atoms with E-state index in [0.29, 0.717) is 33.4 Å². The van der Waals surface area contributed by atoms with Gasteiger partial charge in [-0.05, 0) is 73.5 Å². The number of carbonyl (C=O) groups excluding carboxylic acids is 3. The number of nitrogens with zero attached hydrogens (tertiary/aromatic N) is 1. The maximum absolute atomic E-state index is 14.0. The summed E-state index contributed by atoms with van der Waals surface area (Å²) in [5.74, 6) is 0.0389. The van der Waals surface area contributed by atoms with Crippen LogP contribution in [-0.4, -0.2) is 51.1 Å². The number of hydrogen-bond donors (Lipinski definition) is 2. The monoisotopic (exact) mass is 581 g/mol. The first kappa shape index (κ1) is 31.5. The molecule has 0 aliphatic carbocycles. The van der Waals surface area contributed by atoms with E-state index in [9.17, 15) is 14.4 Å². The third-order valence-corrected chi connectivity index (χ3v) is 7.13. The van der Waals surface area contributed by atoms with Gasteiger partial charge in [0.05, 0.1) is 32.8 Å². The molecule has 3 amide bonds.